The molecule has 0 N–H and O–H groups in total. The summed E-state index contributed by atoms with van der Waals surface area (Å²) in [4.78, 5) is 0. The highest BCUT2D eigenvalue weighted by atomic mass is 16.5. The molecule has 0 saturated carbocycles. The van der Waals surface area contributed by atoms with E-state index in [1.54, 1.807) is 14.2 Å². The standard InChI is InChI=1S/C18H19NO2/c1-13-10-17(21-3)8-9-18(13)15(12-19)11-14-4-6-16(20-2)7-5-14/h4-10,15H,11H2,1-3H3/t15-/m0/s1. The van der Waals surface area contributed by atoms with E-state index >= 15 is 0 Å². The first-order valence-corrected chi connectivity index (χ1v) is 6.85. The molecule has 2 aromatic rings. The van der Waals surface area contributed by atoms with Gasteiger partial charge in [0, 0.05) is 0 Å². The molecule has 0 amide bonds. The van der Waals surface area contributed by atoms with Crippen LogP contribution in [0.3, 0.4) is 0 Å². The summed E-state index contributed by atoms with van der Waals surface area (Å²) >= 11 is 0. The molecule has 0 heterocycles. The maximum atomic E-state index is 9.49. The van der Waals surface area contributed by atoms with Crippen LogP contribution in [0.25, 0.3) is 0 Å². The summed E-state index contributed by atoms with van der Waals surface area (Å²) in [6.07, 6.45) is 0.688. The average molecular weight is 281 g/mol. The molecule has 21 heavy (non-hydrogen) atoms. The van der Waals surface area contributed by atoms with Gasteiger partial charge in [-0.1, -0.05) is 18.2 Å². The quantitative estimate of drug-likeness (QED) is 0.835. The molecule has 3 heteroatoms. The first-order chi connectivity index (χ1) is 10.2. The van der Waals surface area contributed by atoms with Crippen LogP contribution in [-0.4, -0.2) is 14.2 Å². The third kappa shape index (κ3) is 3.55. The second-order valence-electron chi connectivity index (χ2n) is 4.96. The van der Waals surface area contributed by atoms with E-state index in [9.17, 15) is 5.26 Å². The van der Waals surface area contributed by atoms with Crippen LogP contribution in [0.2, 0.25) is 0 Å². The van der Waals surface area contributed by atoms with Gasteiger partial charge in [-0.3, -0.25) is 0 Å². The molecule has 0 aromatic heterocycles. The van der Waals surface area contributed by atoms with Crippen molar-refractivity contribution in [2.75, 3.05) is 14.2 Å². The third-order valence-corrected chi connectivity index (χ3v) is 3.61. The summed E-state index contributed by atoms with van der Waals surface area (Å²) in [6.45, 7) is 2.01. The minimum atomic E-state index is -0.163. The molecular weight excluding hydrogens is 262 g/mol. The third-order valence-electron chi connectivity index (χ3n) is 3.61. The van der Waals surface area contributed by atoms with Gasteiger partial charge in [-0.25, -0.2) is 0 Å². The van der Waals surface area contributed by atoms with Crippen LogP contribution >= 0.6 is 0 Å². The van der Waals surface area contributed by atoms with Crippen molar-refractivity contribution in [3.63, 3.8) is 0 Å². The highest BCUT2D eigenvalue weighted by molar-refractivity contribution is 5.40. The van der Waals surface area contributed by atoms with Gasteiger partial charge in [-0.05, 0) is 54.3 Å². The van der Waals surface area contributed by atoms with E-state index < -0.39 is 0 Å². The fourth-order valence-corrected chi connectivity index (χ4v) is 2.39. The second kappa shape index (κ2) is 6.81. The van der Waals surface area contributed by atoms with E-state index in [0.717, 1.165) is 28.2 Å². The van der Waals surface area contributed by atoms with Crippen LogP contribution in [0.1, 0.15) is 22.6 Å². The van der Waals surface area contributed by atoms with E-state index in [2.05, 4.69) is 6.07 Å². The number of aryl methyl sites for hydroxylation is 1. The number of nitrogens with zero attached hydrogens (tertiary/aromatic N) is 1. The molecular formula is C18H19NO2. The zero-order valence-electron chi connectivity index (χ0n) is 12.6. The van der Waals surface area contributed by atoms with Crippen LogP contribution < -0.4 is 9.47 Å². The molecule has 0 bridgehead atoms. The Labute approximate surface area is 125 Å². The highest BCUT2D eigenvalue weighted by Crippen LogP contribution is 2.27. The molecule has 0 radical (unpaired) electrons. The van der Waals surface area contributed by atoms with Crippen LogP contribution in [0, 0.1) is 18.3 Å². The normalized spacial score (nSPS) is 11.5. The number of nitriles is 1. The summed E-state index contributed by atoms with van der Waals surface area (Å²) in [5.74, 6) is 1.48. The Kier molecular flexibility index (Phi) is 4.84. The highest BCUT2D eigenvalue weighted by Gasteiger charge is 2.14. The number of methoxy groups -OCH3 is 2. The van der Waals surface area contributed by atoms with Crippen molar-refractivity contribution in [3.8, 4) is 17.6 Å². The number of rotatable bonds is 5. The predicted molar refractivity (Wildman–Crippen MR) is 82.8 cm³/mol. The zero-order chi connectivity index (χ0) is 15.2. The van der Waals surface area contributed by atoms with Crippen LogP contribution in [-0.2, 0) is 6.42 Å². The fraction of sp³-hybridized carbons (Fsp3) is 0.278. The van der Waals surface area contributed by atoms with Crippen molar-refractivity contribution in [2.45, 2.75) is 19.3 Å². The summed E-state index contributed by atoms with van der Waals surface area (Å²) in [7, 11) is 3.29. The van der Waals surface area contributed by atoms with Crippen LogP contribution in [0.15, 0.2) is 42.5 Å². The molecule has 2 aromatic carbocycles. The summed E-state index contributed by atoms with van der Waals surface area (Å²) < 4.78 is 10.4. The Balaban J connectivity index is 2.21. The number of hydrogen-bond acceptors (Lipinski definition) is 3. The Morgan fingerprint density at radius 1 is 1.00 bits per heavy atom. The number of hydrogen-bond donors (Lipinski definition) is 0. The van der Waals surface area contributed by atoms with Crippen molar-refractivity contribution in [3.05, 3.63) is 59.2 Å². The number of ether oxygens (including phenoxy) is 2. The van der Waals surface area contributed by atoms with Crippen molar-refractivity contribution in [1.82, 2.24) is 0 Å². The molecule has 0 aliphatic rings. The first kappa shape index (κ1) is 14.9. The van der Waals surface area contributed by atoms with Crippen LogP contribution in [0.4, 0.5) is 0 Å². The Bertz CT molecular complexity index is 641. The van der Waals surface area contributed by atoms with E-state index in [1.165, 1.54) is 0 Å². The van der Waals surface area contributed by atoms with Crippen molar-refractivity contribution < 1.29 is 9.47 Å². The van der Waals surface area contributed by atoms with Gasteiger partial charge in [0.25, 0.3) is 0 Å². The molecule has 0 unspecified atom stereocenters. The fourth-order valence-electron chi connectivity index (χ4n) is 2.39. The van der Waals surface area contributed by atoms with Gasteiger partial charge in [-0.2, -0.15) is 5.26 Å². The average Bonchev–Trinajstić information content (AvgIpc) is 2.53. The Morgan fingerprint density at radius 3 is 2.14 bits per heavy atom. The topological polar surface area (TPSA) is 42.2 Å². The summed E-state index contributed by atoms with van der Waals surface area (Å²) in [6, 6.07) is 16.1. The molecule has 108 valence electrons. The predicted octanol–water partition coefficient (Wildman–Crippen LogP) is 3.86. The summed E-state index contributed by atoms with van der Waals surface area (Å²) in [5, 5.41) is 9.49. The van der Waals surface area contributed by atoms with Crippen molar-refractivity contribution >= 4 is 0 Å². The van der Waals surface area contributed by atoms with Gasteiger partial charge < -0.3 is 9.47 Å². The zero-order valence-corrected chi connectivity index (χ0v) is 12.6. The smallest absolute Gasteiger partial charge is 0.119 e. The molecule has 0 fully saturated rings. The Hall–Kier alpha value is -2.47. The van der Waals surface area contributed by atoms with Gasteiger partial charge in [0.15, 0.2) is 0 Å². The van der Waals surface area contributed by atoms with E-state index in [4.69, 9.17) is 9.47 Å². The van der Waals surface area contributed by atoms with Crippen molar-refractivity contribution in [2.24, 2.45) is 0 Å². The van der Waals surface area contributed by atoms with Gasteiger partial charge in [-0.15, -0.1) is 0 Å². The lowest BCUT2D eigenvalue weighted by atomic mass is 9.90. The van der Waals surface area contributed by atoms with Gasteiger partial charge in [0.05, 0.1) is 26.2 Å². The van der Waals surface area contributed by atoms with Crippen LogP contribution in [0.5, 0.6) is 11.5 Å². The monoisotopic (exact) mass is 281 g/mol. The molecule has 0 aliphatic heterocycles. The lowest BCUT2D eigenvalue weighted by Crippen LogP contribution is -2.03. The SMILES string of the molecule is COc1ccc(C[C@@H](C#N)c2ccc(OC)cc2C)cc1. The molecule has 0 saturated heterocycles. The van der Waals surface area contributed by atoms with Gasteiger partial charge in [0.2, 0.25) is 0 Å². The van der Waals surface area contributed by atoms with Crippen molar-refractivity contribution in [1.29, 1.82) is 5.26 Å². The maximum Gasteiger partial charge on any atom is 0.119 e. The largest absolute Gasteiger partial charge is 0.497 e. The first-order valence-electron chi connectivity index (χ1n) is 6.85. The second-order valence-corrected chi connectivity index (χ2v) is 4.96. The molecule has 2 rings (SSSR count). The van der Waals surface area contributed by atoms with E-state index in [-0.39, 0.29) is 5.92 Å². The Morgan fingerprint density at radius 2 is 1.62 bits per heavy atom. The van der Waals surface area contributed by atoms with Gasteiger partial charge in [0.1, 0.15) is 11.5 Å². The molecule has 0 spiro atoms. The minimum absolute atomic E-state index is 0.163. The lowest BCUT2D eigenvalue weighted by Gasteiger charge is -2.14. The molecule has 3 nitrogen and oxygen atoms in total. The molecule has 0 aliphatic carbocycles. The molecule has 1 atom stereocenters. The lowest BCUT2D eigenvalue weighted by molar-refractivity contribution is 0.414. The maximum absolute atomic E-state index is 9.49. The number of benzene rings is 2. The van der Waals surface area contributed by atoms with E-state index in [1.807, 2.05) is 49.4 Å². The minimum Gasteiger partial charge on any atom is -0.497 e. The van der Waals surface area contributed by atoms with Gasteiger partial charge >= 0.3 is 0 Å². The summed E-state index contributed by atoms with van der Waals surface area (Å²) in [5.41, 5.74) is 3.25. The van der Waals surface area contributed by atoms with E-state index in [0.29, 0.717) is 6.42 Å².